The number of anilines is 1. The summed E-state index contributed by atoms with van der Waals surface area (Å²) >= 11 is 3.32. The minimum atomic E-state index is -3.22. The molecule has 0 heterocycles. The standard InChI is InChI=1S/C15H14BrNO3S/c1-2-21(19,20)12-9-7-11(8-10-12)17-15(18)13-5-3-4-6-14(13)16/h3-10H,2H2,1H3,(H,17,18). The molecule has 0 fully saturated rings. The molecule has 0 aliphatic rings. The molecule has 2 rings (SSSR count). The molecule has 21 heavy (non-hydrogen) atoms. The zero-order valence-corrected chi connectivity index (χ0v) is 13.7. The molecule has 0 saturated carbocycles. The summed E-state index contributed by atoms with van der Waals surface area (Å²) in [6.45, 7) is 1.60. The Morgan fingerprint density at radius 1 is 1.10 bits per heavy atom. The highest BCUT2D eigenvalue weighted by Gasteiger charge is 2.12. The van der Waals surface area contributed by atoms with Crippen LogP contribution >= 0.6 is 15.9 Å². The number of hydrogen-bond acceptors (Lipinski definition) is 3. The van der Waals surface area contributed by atoms with Gasteiger partial charge in [-0.2, -0.15) is 0 Å². The van der Waals surface area contributed by atoms with E-state index >= 15 is 0 Å². The van der Waals surface area contributed by atoms with Gasteiger partial charge in [0.1, 0.15) is 0 Å². The Labute approximate surface area is 132 Å². The van der Waals surface area contributed by atoms with Gasteiger partial charge in [-0.25, -0.2) is 8.42 Å². The van der Waals surface area contributed by atoms with E-state index in [0.717, 1.165) is 0 Å². The molecule has 0 aliphatic heterocycles. The Hall–Kier alpha value is -1.66. The van der Waals surface area contributed by atoms with Crippen molar-refractivity contribution in [2.75, 3.05) is 11.1 Å². The molecule has 2 aromatic rings. The van der Waals surface area contributed by atoms with Crippen LogP contribution in [-0.2, 0) is 9.84 Å². The van der Waals surface area contributed by atoms with E-state index < -0.39 is 9.84 Å². The molecule has 0 radical (unpaired) electrons. The summed E-state index contributed by atoms with van der Waals surface area (Å²) < 4.78 is 24.1. The first-order chi connectivity index (χ1) is 9.94. The highest BCUT2D eigenvalue weighted by Crippen LogP contribution is 2.19. The van der Waals surface area contributed by atoms with Crippen molar-refractivity contribution < 1.29 is 13.2 Å². The van der Waals surface area contributed by atoms with Gasteiger partial charge in [-0.3, -0.25) is 4.79 Å². The summed E-state index contributed by atoms with van der Waals surface area (Å²) in [5.74, 6) is -0.205. The summed E-state index contributed by atoms with van der Waals surface area (Å²) in [4.78, 5) is 12.4. The zero-order chi connectivity index (χ0) is 15.5. The fourth-order valence-corrected chi connectivity index (χ4v) is 3.10. The fourth-order valence-electron chi connectivity index (χ4n) is 1.76. The van der Waals surface area contributed by atoms with Crippen LogP contribution in [0.5, 0.6) is 0 Å². The van der Waals surface area contributed by atoms with Crippen LogP contribution in [0.15, 0.2) is 57.9 Å². The van der Waals surface area contributed by atoms with Gasteiger partial charge in [0.05, 0.1) is 16.2 Å². The molecule has 0 atom stereocenters. The molecule has 1 amide bonds. The summed E-state index contributed by atoms with van der Waals surface area (Å²) in [7, 11) is -3.22. The number of carbonyl (C=O) groups is 1. The van der Waals surface area contributed by atoms with E-state index in [2.05, 4.69) is 21.2 Å². The van der Waals surface area contributed by atoms with Crippen molar-refractivity contribution in [3.8, 4) is 0 Å². The van der Waals surface area contributed by atoms with E-state index in [1.165, 1.54) is 12.1 Å². The highest BCUT2D eigenvalue weighted by molar-refractivity contribution is 9.10. The monoisotopic (exact) mass is 367 g/mol. The lowest BCUT2D eigenvalue weighted by molar-refractivity contribution is 0.102. The molecule has 4 nitrogen and oxygen atoms in total. The maximum atomic E-state index is 12.1. The van der Waals surface area contributed by atoms with E-state index in [4.69, 9.17) is 0 Å². The second kappa shape index (κ2) is 6.41. The summed E-state index contributed by atoms with van der Waals surface area (Å²) in [6, 6.07) is 13.2. The molecule has 0 unspecified atom stereocenters. The van der Waals surface area contributed by atoms with Crippen molar-refractivity contribution in [1.29, 1.82) is 0 Å². The lowest BCUT2D eigenvalue weighted by Gasteiger charge is -2.08. The van der Waals surface area contributed by atoms with Crippen LogP contribution in [0.25, 0.3) is 0 Å². The Kier molecular flexibility index (Phi) is 4.80. The van der Waals surface area contributed by atoms with Gasteiger partial charge in [-0.15, -0.1) is 0 Å². The first-order valence-corrected chi connectivity index (χ1v) is 8.77. The average molecular weight is 368 g/mol. The molecule has 110 valence electrons. The predicted octanol–water partition coefficient (Wildman–Crippen LogP) is 3.50. The lowest BCUT2D eigenvalue weighted by atomic mass is 10.2. The third kappa shape index (κ3) is 3.71. The summed E-state index contributed by atoms with van der Waals surface area (Å²) in [6.07, 6.45) is 0. The normalized spacial score (nSPS) is 11.1. The molecule has 6 heteroatoms. The number of benzene rings is 2. The molecule has 0 bridgehead atoms. The third-order valence-electron chi connectivity index (χ3n) is 2.97. The van der Waals surface area contributed by atoms with Crippen LogP contribution < -0.4 is 5.32 Å². The molecular weight excluding hydrogens is 354 g/mol. The van der Waals surface area contributed by atoms with Crippen LogP contribution in [-0.4, -0.2) is 20.1 Å². The van der Waals surface area contributed by atoms with E-state index in [1.807, 2.05) is 6.07 Å². The second-order valence-electron chi connectivity index (χ2n) is 4.36. The van der Waals surface area contributed by atoms with Gasteiger partial charge < -0.3 is 5.32 Å². The Morgan fingerprint density at radius 3 is 2.29 bits per heavy atom. The fraction of sp³-hybridized carbons (Fsp3) is 0.133. The van der Waals surface area contributed by atoms with Crippen molar-refractivity contribution in [2.24, 2.45) is 0 Å². The van der Waals surface area contributed by atoms with E-state index in [0.29, 0.717) is 15.7 Å². The van der Waals surface area contributed by atoms with Gasteiger partial charge in [0.15, 0.2) is 9.84 Å². The maximum absolute atomic E-state index is 12.1. The largest absolute Gasteiger partial charge is 0.322 e. The molecule has 2 aromatic carbocycles. The minimum absolute atomic E-state index is 0.0513. The number of nitrogens with one attached hydrogen (secondary N) is 1. The maximum Gasteiger partial charge on any atom is 0.256 e. The average Bonchev–Trinajstić information content (AvgIpc) is 2.48. The first kappa shape index (κ1) is 15.7. The van der Waals surface area contributed by atoms with Crippen LogP contribution in [0.3, 0.4) is 0 Å². The first-order valence-electron chi connectivity index (χ1n) is 6.33. The van der Waals surface area contributed by atoms with Crippen molar-refractivity contribution in [2.45, 2.75) is 11.8 Å². The van der Waals surface area contributed by atoms with Crippen molar-refractivity contribution in [3.63, 3.8) is 0 Å². The van der Waals surface area contributed by atoms with Crippen molar-refractivity contribution in [3.05, 3.63) is 58.6 Å². The topological polar surface area (TPSA) is 63.2 Å². The van der Waals surface area contributed by atoms with Gasteiger partial charge in [-0.1, -0.05) is 19.1 Å². The quantitative estimate of drug-likeness (QED) is 0.899. The molecule has 0 saturated heterocycles. The number of sulfone groups is 1. The van der Waals surface area contributed by atoms with Crippen LogP contribution in [0.1, 0.15) is 17.3 Å². The SMILES string of the molecule is CCS(=O)(=O)c1ccc(NC(=O)c2ccccc2Br)cc1. The number of amides is 1. The second-order valence-corrected chi connectivity index (χ2v) is 7.49. The summed E-state index contributed by atoms with van der Waals surface area (Å²) in [5.41, 5.74) is 1.06. The minimum Gasteiger partial charge on any atom is -0.322 e. The zero-order valence-electron chi connectivity index (χ0n) is 11.3. The van der Waals surface area contributed by atoms with Gasteiger partial charge in [0, 0.05) is 10.2 Å². The third-order valence-corrected chi connectivity index (χ3v) is 5.41. The molecule has 0 aliphatic carbocycles. The number of hydrogen-bond donors (Lipinski definition) is 1. The number of halogens is 1. The Balaban J connectivity index is 2.18. The van der Waals surface area contributed by atoms with Gasteiger partial charge in [0.2, 0.25) is 0 Å². The van der Waals surface area contributed by atoms with Gasteiger partial charge in [0.25, 0.3) is 5.91 Å². The lowest BCUT2D eigenvalue weighted by Crippen LogP contribution is -2.12. The van der Waals surface area contributed by atoms with Crippen LogP contribution in [0.4, 0.5) is 5.69 Å². The van der Waals surface area contributed by atoms with E-state index in [-0.39, 0.29) is 16.6 Å². The Morgan fingerprint density at radius 2 is 1.71 bits per heavy atom. The molecule has 0 spiro atoms. The summed E-state index contributed by atoms with van der Waals surface area (Å²) in [5, 5.41) is 2.73. The van der Waals surface area contributed by atoms with E-state index in [1.54, 1.807) is 37.3 Å². The number of carbonyl (C=O) groups excluding carboxylic acids is 1. The molecular formula is C15H14BrNO3S. The van der Waals surface area contributed by atoms with Crippen molar-refractivity contribution >= 4 is 37.4 Å². The van der Waals surface area contributed by atoms with Crippen molar-refractivity contribution in [1.82, 2.24) is 0 Å². The predicted molar refractivity (Wildman–Crippen MR) is 86.3 cm³/mol. The van der Waals surface area contributed by atoms with Gasteiger partial charge >= 0.3 is 0 Å². The van der Waals surface area contributed by atoms with E-state index in [9.17, 15) is 13.2 Å². The molecule has 1 N–H and O–H groups in total. The molecule has 0 aromatic heterocycles. The Bertz CT molecular complexity index is 755. The van der Waals surface area contributed by atoms with Crippen LogP contribution in [0.2, 0.25) is 0 Å². The number of rotatable bonds is 4. The van der Waals surface area contributed by atoms with Gasteiger partial charge in [-0.05, 0) is 52.3 Å². The van der Waals surface area contributed by atoms with Crippen LogP contribution in [0, 0.1) is 0 Å². The smallest absolute Gasteiger partial charge is 0.256 e. The highest BCUT2D eigenvalue weighted by atomic mass is 79.9.